The van der Waals surface area contributed by atoms with Crippen LogP contribution in [0.3, 0.4) is 0 Å². The van der Waals surface area contributed by atoms with Gasteiger partial charge in [-0.25, -0.2) is 9.97 Å². The van der Waals surface area contributed by atoms with Gasteiger partial charge in [-0.2, -0.15) is 0 Å². The summed E-state index contributed by atoms with van der Waals surface area (Å²) in [5.41, 5.74) is 1.73. The summed E-state index contributed by atoms with van der Waals surface area (Å²) in [5, 5.41) is 2.77. The van der Waals surface area contributed by atoms with E-state index in [2.05, 4.69) is 25.2 Å². The lowest BCUT2D eigenvalue weighted by Gasteiger charge is -2.16. The van der Waals surface area contributed by atoms with Crippen LogP contribution in [-0.2, 0) is 0 Å². The number of rotatable bonds is 3. The summed E-state index contributed by atoms with van der Waals surface area (Å²) in [6.45, 7) is 3.94. The summed E-state index contributed by atoms with van der Waals surface area (Å²) in [4.78, 5) is 26.8. The fraction of sp³-hybridized carbons (Fsp3) is 0.333. The first-order valence-corrected chi connectivity index (χ1v) is 7.03. The molecule has 0 aromatic carbocycles. The van der Waals surface area contributed by atoms with Gasteiger partial charge >= 0.3 is 0 Å². The maximum atomic E-state index is 12.0. The number of carbonyl (C=O) groups excluding carboxylic acids is 1. The van der Waals surface area contributed by atoms with Crippen molar-refractivity contribution in [2.75, 3.05) is 23.3 Å². The topological polar surface area (TPSA) is 71.0 Å². The van der Waals surface area contributed by atoms with Gasteiger partial charge in [0.1, 0.15) is 11.5 Å². The second kappa shape index (κ2) is 5.87. The van der Waals surface area contributed by atoms with Gasteiger partial charge in [0.15, 0.2) is 0 Å². The van der Waals surface area contributed by atoms with Crippen LogP contribution in [0, 0.1) is 6.92 Å². The summed E-state index contributed by atoms with van der Waals surface area (Å²) in [6, 6.07) is 3.79. The zero-order valence-electron chi connectivity index (χ0n) is 11.9. The molecule has 1 N–H and O–H groups in total. The van der Waals surface area contributed by atoms with Crippen molar-refractivity contribution in [1.29, 1.82) is 0 Å². The highest BCUT2D eigenvalue weighted by molar-refractivity contribution is 6.02. The number of anilines is 2. The number of nitrogens with zero attached hydrogens (tertiary/aromatic N) is 4. The first kappa shape index (κ1) is 13.5. The molecule has 0 spiro atoms. The van der Waals surface area contributed by atoms with Crippen LogP contribution in [0.25, 0.3) is 0 Å². The number of carbonyl (C=O) groups is 1. The van der Waals surface area contributed by atoms with Crippen molar-refractivity contribution >= 4 is 17.4 Å². The summed E-state index contributed by atoms with van der Waals surface area (Å²) >= 11 is 0. The molecule has 1 aliphatic rings. The van der Waals surface area contributed by atoms with Crippen LogP contribution >= 0.6 is 0 Å². The van der Waals surface area contributed by atoms with Crippen LogP contribution < -0.4 is 10.2 Å². The normalized spacial score (nSPS) is 14.2. The van der Waals surface area contributed by atoms with Crippen molar-refractivity contribution in [3.63, 3.8) is 0 Å². The lowest BCUT2D eigenvalue weighted by Crippen LogP contribution is -2.19. The molecule has 0 aliphatic carbocycles. The van der Waals surface area contributed by atoms with Crippen LogP contribution in [0.5, 0.6) is 0 Å². The highest BCUT2D eigenvalue weighted by atomic mass is 16.1. The molecule has 1 fully saturated rings. The molecule has 2 aromatic heterocycles. The number of aromatic nitrogens is 3. The van der Waals surface area contributed by atoms with E-state index in [0.717, 1.165) is 24.6 Å². The Labute approximate surface area is 123 Å². The predicted molar refractivity (Wildman–Crippen MR) is 80.4 cm³/mol. The molecule has 0 atom stereocenters. The Kier molecular flexibility index (Phi) is 3.77. The zero-order valence-corrected chi connectivity index (χ0v) is 11.9. The Morgan fingerprint density at radius 2 is 1.90 bits per heavy atom. The minimum absolute atomic E-state index is 0.279. The Bertz CT molecular complexity index is 618. The molecule has 1 aliphatic heterocycles. The van der Waals surface area contributed by atoms with Gasteiger partial charge in [-0.1, -0.05) is 0 Å². The van der Waals surface area contributed by atoms with Crippen molar-refractivity contribution in [1.82, 2.24) is 15.0 Å². The van der Waals surface area contributed by atoms with Crippen molar-refractivity contribution in [2.45, 2.75) is 19.8 Å². The molecular formula is C15H17N5O. The number of hydrogen-bond acceptors (Lipinski definition) is 5. The number of pyridine rings is 1. The monoisotopic (exact) mass is 283 g/mol. The van der Waals surface area contributed by atoms with Crippen LogP contribution in [0.4, 0.5) is 11.5 Å². The maximum absolute atomic E-state index is 12.0. The number of amides is 1. The van der Waals surface area contributed by atoms with Crippen molar-refractivity contribution < 1.29 is 4.79 Å². The molecule has 1 amide bonds. The van der Waals surface area contributed by atoms with E-state index in [1.165, 1.54) is 19.0 Å². The maximum Gasteiger partial charge on any atom is 0.275 e. The molecule has 1 saturated heterocycles. The van der Waals surface area contributed by atoms with E-state index < -0.39 is 0 Å². The van der Waals surface area contributed by atoms with Gasteiger partial charge in [-0.15, -0.1) is 0 Å². The molecule has 0 bridgehead atoms. The van der Waals surface area contributed by atoms with Crippen LogP contribution in [-0.4, -0.2) is 33.9 Å². The predicted octanol–water partition coefficient (Wildman–Crippen LogP) is 2.03. The fourth-order valence-electron chi connectivity index (χ4n) is 2.30. The number of hydrogen-bond donors (Lipinski definition) is 1. The fourth-order valence-corrected chi connectivity index (χ4v) is 2.30. The van der Waals surface area contributed by atoms with Crippen molar-refractivity contribution in [2.24, 2.45) is 0 Å². The third kappa shape index (κ3) is 3.16. The van der Waals surface area contributed by atoms with E-state index in [1.54, 1.807) is 12.4 Å². The molecule has 3 heterocycles. The summed E-state index contributed by atoms with van der Waals surface area (Å²) in [6.07, 6.45) is 7.14. The van der Waals surface area contributed by atoms with E-state index in [9.17, 15) is 4.79 Å². The third-order valence-corrected chi connectivity index (χ3v) is 3.45. The molecule has 6 heteroatoms. The van der Waals surface area contributed by atoms with Gasteiger partial charge in [-0.3, -0.25) is 9.78 Å². The van der Waals surface area contributed by atoms with E-state index in [1.807, 2.05) is 19.1 Å². The van der Waals surface area contributed by atoms with E-state index in [0.29, 0.717) is 11.4 Å². The molecule has 3 rings (SSSR count). The smallest absolute Gasteiger partial charge is 0.275 e. The third-order valence-electron chi connectivity index (χ3n) is 3.45. The minimum atomic E-state index is -0.279. The highest BCUT2D eigenvalue weighted by Gasteiger charge is 2.13. The molecule has 0 saturated carbocycles. The molecule has 108 valence electrons. The number of aryl methyl sites for hydroxylation is 1. The van der Waals surface area contributed by atoms with Gasteiger partial charge in [-0.05, 0) is 31.9 Å². The lowest BCUT2D eigenvalue weighted by molar-refractivity contribution is 0.102. The summed E-state index contributed by atoms with van der Waals surface area (Å²) < 4.78 is 0. The lowest BCUT2D eigenvalue weighted by atomic mass is 10.3. The largest absolute Gasteiger partial charge is 0.357 e. The average Bonchev–Trinajstić information content (AvgIpc) is 3.03. The highest BCUT2D eigenvalue weighted by Crippen LogP contribution is 2.19. The van der Waals surface area contributed by atoms with Gasteiger partial charge in [0.05, 0.1) is 23.8 Å². The quantitative estimate of drug-likeness (QED) is 0.933. The molecular weight excluding hydrogens is 266 g/mol. The molecule has 0 unspecified atom stereocenters. The Morgan fingerprint density at radius 3 is 2.52 bits per heavy atom. The molecule has 2 aromatic rings. The second-order valence-electron chi connectivity index (χ2n) is 5.10. The zero-order chi connectivity index (χ0) is 14.7. The van der Waals surface area contributed by atoms with Crippen molar-refractivity contribution in [3.05, 3.63) is 42.1 Å². The Balaban J connectivity index is 1.67. The Morgan fingerprint density at radius 1 is 1.10 bits per heavy atom. The Hall–Kier alpha value is -2.50. The minimum Gasteiger partial charge on any atom is -0.357 e. The van der Waals surface area contributed by atoms with Crippen LogP contribution in [0.15, 0.2) is 30.7 Å². The van der Waals surface area contributed by atoms with Gasteiger partial charge < -0.3 is 10.2 Å². The van der Waals surface area contributed by atoms with Gasteiger partial charge in [0.2, 0.25) is 0 Å². The summed E-state index contributed by atoms with van der Waals surface area (Å²) in [5.74, 6) is 0.679. The molecule has 6 nitrogen and oxygen atoms in total. The first-order chi connectivity index (χ1) is 10.2. The standard InChI is InChI=1S/C15H17N5O/c1-11-8-17-13(10-16-11)15(21)19-12-4-5-14(18-9-12)20-6-2-3-7-20/h4-5,8-10H,2-3,6-7H2,1H3,(H,19,21). The molecule has 21 heavy (non-hydrogen) atoms. The van der Waals surface area contributed by atoms with E-state index >= 15 is 0 Å². The molecule has 0 radical (unpaired) electrons. The van der Waals surface area contributed by atoms with Crippen LogP contribution in [0.2, 0.25) is 0 Å². The average molecular weight is 283 g/mol. The number of nitrogens with one attached hydrogen (secondary N) is 1. The van der Waals surface area contributed by atoms with E-state index in [-0.39, 0.29) is 5.91 Å². The SMILES string of the molecule is Cc1cnc(C(=O)Nc2ccc(N3CCCC3)nc2)cn1. The van der Waals surface area contributed by atoms with E-state index in [4.69, 9.17) is 0 Å². The van der Waals surface area contributed by atoms with Crippen LogP contribution in [0.1, 0.15) is 29.0 Å². The van der Waals surface area contributed by atoms with Crippen molar-refractivity contribution in [3.8, 4) is 0 Å². The second-order valence-corrected chi connectivity index (χ2v) is 5.10. The summed E-state index contributed by atoms with van der Waals surface area (Å²) in [7, 11) is 0. The van der Waals surface area contributed by atoms with Gasteiger partial charge in [0, 0.05) is 19.3 Å². The first-order valence-electron chi connectivity index (χ1n) is 7.03. The van der Waals surface area contributed by atoms with Gasteiger partial charge in [0.25, 0.3) is 5.91 Å².